The number of aromatic nitrogens is 2. The number of hydrogen-bond acceptors (Lipinski definition) is 5. The quantitative estimate of drug-likeness (QED) is 0.666. The molecule has 0 amide bonds. The van der Waals surface area contributed by atoms with E-state index >= 15 is 0 Å². The van der Waals surface area contributed by atoms with Crippen LogP contribution >= 0.6 is 11.6 Å². The Kier molecular flexibility index (Phi) is 3.87. The standard InChI is InChI=1S/C13H15ClN4O/c1-7-4-10(14)5-8(2)13(7)19-12-6-11(18-15)16-9(3)17-12/h4-6H,15H2,1-3H3,(H,16,17,18). The summed E-state index contributed by atoms with van der Waals surface area (Å²) >= 11 is 5.99. The van der Waals surface area contributed by atoms with E-state index in [1.807, 2.05) is 26.0 Å². The van der Waals surface area contributed by atoms with E-state index in [1.165, 1.54) is 0 Å². The lowest BCUT2D eigenvalue weighted by atomic mass is 10.1. The third-order valence-electron chi connectivity index (χ3n) is 2.59. The Morgan fingerprint density at radius 2 is 1.74 bits per heavy atom. The van der Waals surface area contributed by atoms with Gasteiger partial charge in [-0.1, -0.05) is 11.6 Å². The Labute approximate surface area is 116 Å². The lowest BCUT2D eigenvalue weighted by Crippen LogP contribution is -2.10. The number of hydrogen-bond donors (Lipinski definition) is 2. The Hall–Kier alpha value is -1.85. The lowest BCUT2D eigenvalue weighted by molar-refractivity contribution is 0.453. The first-order valence-electron chi connectivity index (χ1n) is 5.76. The highest BCUT2D eigenvalue weighted by molar-refractivity contribution is 6.30. The van der Waals surface area contributed by atoms with Gasteiger partial charge in [-0.2, -0.15) is 4.98 Å². The van der Waals surface area contributed by atoms with Gasteiger partial charge in [0.25, 0.3) is 0 Å². The number of aryl methyl sites for hydroxylation is 3. The van der Waals surface area contributed by atoms with Gasteiger partial charge in [0.15, 0.2) is 0 Å². The van der Waals surface area contributed by atoms with Crippen LogP contribution in [0, 0.1) is 20.8 Å². The van der Waals surface area contributed by atoms with Gasteiger partial charge in [0, 0.05) is 11.1 Å². The summed E-state index contributed by atoms with van der Waals surface area (Å²) in [5.74, 6) is 7.61. The van der Waals surface area contributed by atoms with Gasteiger partial charge < -0.3 is 10.2 Å². The third kappa shape index (κ3) is 3.13. The summed E-state index contributed by atoms with van der Waals surface area (Å²) in [6.45, 7) is 5.64. The van der Waals surface area contributed by atoms with Crippen LogP contribution in [-0.4, -0.2) is 9.97 Å². The maximum Gasteiger partial charge on any atom is 0.224 e. The van der Waals surface area contributed by atoms with Crippen LogP contribution in [0.4, 0.5) is 5.82 Å². The first-order valence-corrected chi connectivity index (χ1v) is 6.14. The van der Waals surface area contributed by atoms with E-state index in [2.05, 4.69) is 15.4 Å². The second kappa shape index (κ2) is 5.42. The molecule has 0 aliphatic heterocycles. The van der Waals surface area contributed by atoms with Crippen molar-refractivity contribution in [1.29, 1.82) is 0 Å². The van der Waals surface area contributed by atoms with Crippen LogP contribution < -0.4 is 16.0 Å². The lowest BCUT2D eigenvalue weighted by Gasteiger charge is -2.12. The molecule has 0 saturated carbocycles. The van der Waals surface area contributed by atoms with Crippen LogP contribution in [0.15, 0.2) is 18.2 Å². The normalized spacial score (nSPS) is 10.4. The maximum absolute atomic E-state index is 5.99. The van der Waals surface area contributed by atoms with E-state index in [9.17, 15) is 0 Å². The fraction of sp³-hybridized carbons (Fsp3) is 0.231. The van der Waals surface area contributed by atoms with Gasteiger partial charge in [0.2, 0.25) is 5.88 Å². The highest BCUT2D eigenvalue weighted by Gasteiger charge is 2.09. The molecule has 5 nitrogen and oxygen atoms in total. The number of benzene rings is 1. The van der Waals surface area contributed by atoms with E-state index in [-0.39, 0.29) is 0 Å². The van der Waals surface area contributed by atoms with E-state index in [1.54, 1.807) is 13.0 Å². The highest BCUT2D eigenvalue weighted by Crippen LogP contribution is 2.31. The molecule has 0 unspecified atom stereocenters. The smallest absolute Gasteiger partial charge is 0.224 e. The van der Waals surface area contributed by atoms with Gasteiger partial charge in [0.05, 0.1) is 0 Å². The van der Waals surface area contributed by atoms with Crippen LogP contribution in [0.3, 0.4) is 0 Å². The summed E-state index contributed by atoms with van der Waals surface area (Å²) in [4.78, 5) is 8.32. The number of ether oxygens (including phenoxy) is 1. The largest absolute Gasteiger partial charge is 0.438 e. The van der Waals surface area contributed by atoms with Crippen molar-refractivity contribution in [3.05, 3.63) is 40.2 Å². The number of rotatable bonds is 3. The Morgan fingerprint density at radius 1 is 1.11 bits per heavy atom. The number of nitrogens with zero attached hydrogens (tertiary/aromatic N) is 2. The van der Waals surface area contributed by atoms with Crippen molar-refractivity contribution < 1.29 is 4.74 Å². The minimum absolute atomic E-state index is 0.439. The molecular weight excluding hydrogens is 264 g/mol. The molecule has 0 bridgehead atoms. The Morgan fingerprint density at radius 3 is 2.32 bits per heavy atom. The molecule has 3 N–H and O–H groups in total. The summed E-state index contributed by atoms with van der Waals surface area (Å²) < 4.78 is 5.81. The zero-order valence-corrected chi connectivity index (χ0v) is 11.7. The fourth-order valence-electron chi connectivity index (χ4n) is 1.83. The molecule has 0 aliphatic carbocycles. The molecular formula is C13H15ClN4O. The molecule has 0 atom stereocenters. The van der Waals surface area contributed by atoms with Gasteiger partial charge in [-0.3, -0.25) is 0 Å². The van der Waals surface area contributed by atoms with Gasteiger partial charge in [-0.15, -0.1) is 0 Å². The fourth-order valence-corrected chi connectivity index (χ4v) is 2.16. The monoisotopic (exact) mass is 278 g/mol. The van der Waals surface area contributed by atoms with E-state index < -0.39 is 0 Å². The van der Waals surface area contributed by atoms with Crippen LogP contribution in [0.1, 0.15) is 17.0 Å². The SMILES string of the molecule is Cc1nc(NN)cc(Oc2c(C)cc(Cl)cc2C)n1. The summed E-state index contributed by atoms with van der Waals surface area (Å²) in [5, 5.41) is 0.686. The van der Waals surface area contributed by atoms with Gasteiger partial charge in [-0.25, -0.2) is 10.8 Å². The van der Waals surface area contributed by atoms with Crippen LogP contribution in [0.25, 0.3) is 0 Å². The topological polar surface area (TPSA) is 73.1 Å². The maximum atomic E-state index is 5.99. The summed E-state index contributed by atoms with van der Waals surface area (Å²) in [6, 6.07) is 5.33. The molecule has 0 fully saturated rings. The average Bonchev–Trinajstić information content (AvgIpc) is 2.33. The number of halogens is 1. The van der Waals surface area contributed by atoms with Crippen molar-refractivity contribution in [1.82, 2.24) is 9.97 Å². The summed E-state index contributed by atoms with van der Waals surface area (Å²) in [6.07, 6.45) is 0. The Bertz CT molecular complexity index is 593. The molecule has 0 radical (unpaired) electrons. The molecule has 0 saturated heterocycles. The number of nitrogen functional groups attached to an aromatic ring is 1. The van der Waals surface area contributed by atoms with E-state index in [4.69, 9.17) is 22.2 Å². The molecule has 0 spiro atoms. The van der Waals surface area contributed by atoms with Gasteiger partial charge >= 0.3 is 0 Å². The zero-order chi connectivity index (χ0) is 14.0. The van der Waals surface area contributed by atoms with Crippen LogP contribution in [-0.2, 0) is 0 Å². The molecule has 1 aromatic heterocycles. The van der Waals surface area contributed by atoms with Crippen molar-refractivity contribution in [2.45, 2.75) is 20.8 Å². The van der Waals surface area contributed by atoms with Crippen molar-refractivity contribution in [3.8, 4) is 11.6 Å². The van der Waals surface area contributed by atoms with Crippen molar-refractivity contribution in [3.63, 3.8) is 0 Å². The predicted molar refractivity (Wildman–Crippen MR) is 75.6 cm³/mol. The number of hydrazine groups is 1. The number of nitrogens with one attached hydrogen (secondary N) is 1. The third-order valence-corrected chi connectivity index (χ3v) is 2.81. The van der Waals surface area contributed by atoms with E-state index in [0.29, 0.717) is 22.5 Å². The van der Waals surface area contributed by atoms with Crippen LogP contribution in [0.5, 0.6) is 11.6 Å². The molecule has 1 heterocycles. The first kappa shape index (κ1) is 13.6. The molecule has 2 aromatic rings. The van der Waals surface area contributed by atoms with Crippen molar-refractivity contribution in [2.75, 3.05) is 5.43 Å². The molecule has 6 heteroatoms. The number of nitrogens with two attached hydrogens (primary N) is 1. The van der Waals surface area contributed by atoms with E-state index in [0.717, 1.165) is 16.9 Å². The minimum Gasteiger partial charge on any atom is -0.438 e. The summed E-state index contributed by atoms with van der Waals surface area (Å²) in [5.41, 5.74) is 4.38. The second-order valence-electron chi connectivity index (χ2n) is 4.25. The van der Waals surface area contributed by atoms with Gasteiger partial charge in [0.1, 0.15) is 17.4 Å². The molecule has 19 heavy (non-hydrogen) atoms. The predicted octanol–water partition coefficient (Wildman–Crippen LogP) is 3.13. The summed E-state index contributed by atoms with van der Waals surface area (Å²) in [7, 11) is 0. The molecule has 100 valence electrons. The molecule has 0 aliphatic rings. The molecule has 1 aromatic carbocycles. The Balaban J connectivity index is 2.39. The highest BCUT2D eigenvalue weighted by atomic mass is 35.5. The van der Waals surface area contributed by atoms with Gasteiger partial charge in [-0.05, 0) is 44.0 Å². The minimum atomic E-state index is 0.439. The molecule has 2 rings (SSSR count). The second-order valence-corrected chi connectivity index (χ2v) is 4.69. The first-order chi connectivity index (χ1) is 8.99. The number of anilines is 1. The average molecular weight is 279 g/mol. The zero-order valence-electron chi connectivity index (χ0n) is 11.0. The van der Waals surface area contributed by atoms with Crippen molar-refractivity contribution >= 4 is 17.4 Å². The van der Waals surface area contributed by atoms with Crippen LogP contribution in [0.2, 0.25) is 5.02 Å². The van der Waals surface area contributed by atoms with Crippen molar-refractivity contribution in [2.24, 2.45) is 5.84 Å².